The van der Waals surface area contributed by atoms with Crippen LogP contribution >= 0.6 is 11.8 Å². The van der Waals surface area contributed by atoms with Crippen molar-refractivity contribution in [3.8, 4) is 0 Å². The molecule has 0 saturated carbocycles. The Kier molecular flexibility index (Phi) is 7.92. The Morgan fingerprint density at radius 2 is 1.76 bits per heavy atom. The van der Waals surface area contributed by atoms with Crippen LogP contribution in [0.1, 0.15) is 44.1 Å². The van der Waals surface area contributed by atoms with Gasteiger partial charge in [-0.1, -0.05) is 30.3 Å². The molecule has 3 heterocycles. The second kappa shape index (κ2) is 10.8. The number of thioether (sulfide) groups is 1. The lowest BCUT2D eigenvalue weighted by Gasteiger charge is -2.41. The number of hydrogen-bond acceptors (Lipinski definition) is 4. The molecular formula is C24H37N3OS. The van der Waals surface area contributed by atoms with E-state index in [1.165, 1.54) is 56.6 Å². The molecule has 0 radical (unpaired) electrons. The quantitative estimate of drug-likeness (QED) is 0.740. The molecule has 1 atom stereocenters. The molecule has 0 spiro atoms. The van der Waals surface area contributed by atoms with E-state index < -0.39 is 0 Å². The summed E-state index contributed by atoms with van der Waals surface area (Å²) in [7, 11) is 0. The lowest BCUT2D eigenvalue weighted by atomic mass is 9.92. The summed E-state index contributed by atoms with van der Waals surface area (Å²) in [6.07, 6.45) is 8.28. The van der Waals surface area contributed by atoms with Gasteiger partial charge in [0, 0.05) is 23.8 Å². The van der Waals surface area contributed by atoms with E-state index in [1.807, 2.05) is 11.8 Å². The normalized spacial score (nSPS) is 25.3. The van der Waals surface area contributed by atoms with E-state index in [0.717, 1.165) is 44.1 Å². The highest BCUT2D eigenvalue weighted by molar-refractivity contribution is 7.99. The van der Waals surface area contributed by atoms with Crippen LogP contribution < -0.4 is 5.32 Å². The van der Waals surface area contributed by atoms with Crippen molar-refractivity contribution in [3.63, 3.8) is 0 Å². The first-order valence-corrected chi connectivity index (χ1v) is 12.8. The molecule has 3 aliphatic heterocycles. The molecule has 160 valence electrons. The summed E-state index contributed by atoms with van der Waals surface area (Å²) in [6.45, 7) is 5.91. The van der Waals surface area contributed by atoms with E-state index in [1.54, 1.807) is 0 Å². The third-order valence-electron chi connectivity index (χ3n) is 7.03. The van der Waals surface area contributed by atoms with Gasteiger partial charge in [0.2, 0.25) is 5.91 Å². The molecule has 1 aromatic rings. The molecule has 0 aliphatic carbocycles. The molecule has 4 nitrogen and oxygen atoms in total. The monoisotopic (exact) mass is 415 g/mol. The third-order valence-corrected chi connectivity index (χ3v) is 8.19. The van der Waals surface area contributed by atoms with Gasteiger partial charge in [0.05, 0.1) is 0 Å². The molecule has 0 unspecified atom stereocenters. The average Bonchev–Trinajstić information content (AvgIpc) is 3.28. The molecule has 0 bridgehead atoms. The van der Waals surface area contributed by atoms with Crippen molar-refractivity contribution < 1.29 is 4.79 Å². The number of rotatable bonds is 7. The first-order chi connectivity index (χ1) is 14.3. The molecule has 29 heavy (non-hydrogen) atoms. The first-order valence-electron chi connectivity index (χ1n) is 11.7. The Morgan fingerprint density at radius 3 is 2.45 bits per heavy atom. The van der Waals surface area contributed by atoms with Crippen molar-refractivity contribution in [1.29, 1.82) is 0 Å². The number of aryl methyl sites for hydroxylation is 1. The van der Waals surface area contributed by atoms with E-state index in [9.17, 15) is 4.79 Å². The van der Waals surface area contributed by atoms with Gasteiger partial charge in [-0.2, -0.15) is 11.8 Å². The maximum atomic E-state index is 12.5. The molecule has 3 fully saturated rings. The molecule has 1 amide bonds. The van der Waals surface area contributed by atoms with Crippen LogP contribution in [0.5, 0.6) is 0 Å². The summed E-state index contributed by atoms with van der Waals surface area (Å²) < 4.78 is 0. The van der Waals surface area contributed by atoms with E-state index in [-0.39, 0.29) is 5.92 Å². The van der Waals surface area contributed by atoms with Crippen molar-refractivity contribution in [1.82, 2.24) is 15.1 Å². The highest BCUT2D eigenvalue weighted by atomic mass is 32.2. The number of piperidine rings is 2. The number of likely N-dealkylation sites (tertiary alicyclic amines) is 2. The van der Waals surface area contributed by atoms with Crippen LogP contribution in [-0.4, -0.2) is 72.0 Å². The van der Waals surface area contributed by atoms with Crippen LogP contribution in [0.3, 0.4) is 0 Å². The molecule has 0 aromatic heterocycles. The Balaban J connectivity index is 1.11. The van der Waals surface area contributed by atoms with Gasteiger partial charge >= 0.3 is 0 Å². The van der Waals surface area contributed by atoms with E-state index in [4.69, 9.17) is 0 Å². The number of carbonyl (C=O) groups excluding carboxylic acids is 1. The Morgan fingerprint density at radius 1 is 1.00 bits per heavy atom. The fourth-order valence-electron chi connectivity index (χ4n) is 5.15. The molecule has 5 heteroatoms. The highest BCUT2D eigenvalue weighted by Crippen LogP contribution is 2.25. The number of benzene rings is 1. The smallest absolute Gasteiger partial charge is 0.223 e. The minimum absolute atomic E-state index is 0.245. The van der Waals surface area contributed by atoms with Gasteiger partial charge in [0.15, 0.2) is 0 Å². The molecule has 1 aromatic carbocycles. The van der Waals surface area contributed by atoms with Crippen molar-refractivity contribution in [2.75, 3.05) is 44.2 Å². The minimum atomic E-state index is 0.245. The SMILES string of the molecule is O=C(N[C@H]1CCSC1)C1CCN(C2CCN(CCCc3ccccc3)CC2)CC1. The molecule has 1 N–H and O–H groups in total. The van der Waals surface area contributed by atoms with Gasteiger partial charge in [-0.3, -0.25) is 4.79 Å². The zero-order valence-electron chi connectivity index (χ0n) is 17.7. The molecule has 4 rings (SSSR count). The molecule has 3 saturated heterocycles. The maximum absolute atomic E-state index is 12.5. The van der Waals surface area contributed by atoms with Crippen LogP contribution in [0.15, 0.2) is 30.3 Å². The summed E-state index contributed by atoms with van der Waals surface area (Å²) in [6, 6.07) is 12.0. The van der Waals surface area contributed by atoms with Gasteiger partial charge in [-0.15, -0.1) is 0 Å². The van der Waals surface area contributed by atoms with E-state index in [2.05, 4.69) is 45.4 Å². The fraction of sp³-hybridized carbons (Fsp3) is 0.708. The summed E-state index contributed by atoms with van der Waals surface area (Å²) in [5, 5.41) is 3.30. The van der Waals surface area contributed by atoms with Gasteiger partial charge in [0.1, 0.15) is 0 Å². The van der Waals surface area contributed by atoms with Gasteiger partial charge in [0.25, 0.3) is 0 Å². The summed E-state index contributed by atoms with van der Waals surface area (Å²) in [5.41, 5.74) is 1.46. The van der Waals surface area contributed by atoms with Crippen molar-refractivity contribution in [3.05, 3.63) is 35.9 Å². The van der Waals surface area contributed by atoms with Crippen LogP contribution in [0.2, 0.25) is 0 Å². The predicted octanol–water partition coefficient (Wildman–Crippen LogP) is 3.42. The predicted molar refractivity (Wildman–Crippen MR) is 122 cm³/mol. The Labute approximate surface area is 180 Å². The topological polar surface area (TPSA) is 35.6 Å². The molecular weight excluding hydrogens is 378 g/mol. The van der Waals surface area contributed by atoms with Crippen molar-refractivity contribution in [2.24, 2.45) is 5.92 Å². The third kappa shape index (κ3) is 6.22. The zero-order valence-corrected chi connectivity index (χ0v) is 18.5. The minimum Gasteiger partial charge on any atom is -0.352 e. The van der Waals surface area contributed by atoms with Crippen LogP contribution in [-0.2, 0) is 11.2 Å². The lowest BCUT2D eigenvalue weighted by Crippen LogP contribution is -2.50. The number of amides is 1. The van der Waals surface area contributed by atoms with Gasteiger partial charge < -0.3 is 15.1 Å². The zero-order chi connectivity index (χ0) is 19.9. The second-order valence-corrected chi connectivity index (χ2v) is 10.2. The number of hydrogen-bond donors (Lipinski definition) is 1. The second-order valence-electron chi connectivity index (χ2n) is 9.04. The number of nitrogens with one attached hydrogen (secondary N) is 1. The lowest BCUT2D eigenvalue weighted by molar-refractivity contribution is -0.127. The highest BCUT2D eigenvalue weighted by Gasteiger charge is 2.31. The van der Waals surface area contributed by atoms with Crippen molar-refractivity contribution >= 4 is 17.7 Å². The largest absolute Gasteiger partial charge is 0.352 e. The van der Waals surface area contributed by atoms with Crippen LogP contribution in [0.4, 0.5) is 0 Å². The number of nitrogens with zero attached hydrogens (tertiary/aromatic N) is 2. The maximum Gasteiger partial charge on any atom is 0.223 e. The van der Waals surface area contributed by atoms with Gasteiger partial charge in [-0.25, -0.2) is 0 Å². The first kappa shape index (κ1) is 21.2. The average molecular weight is 416 g/mol. The number of carbonyl (C=O) groups is 1. The van der Waals surface area contributed by atoms with Crippen LogP contribution in [0, 0.1) is 5.92 Å². The van der Waals surface area contributed by atoms with E-state index >= 15 is 0 Å². The van der Waals surface area contributed by atoms with Gasteiger partial charge in [-0.05, 0) is 89.0 Å². The van der Waals surface area contributed by atoms with Crippen LogP contribution in [0.25, 0.3) is 0 Å². The Hall–Kier alpha value is -1.04. The standard InChI is InChI=1S/C24H37N3OS/c28-24(25-22-12-18-29-19-22)21-8-16-27(17-9-21)23-10-14-26(15-11-23)13-4-7-20-5-2-1-3-6-20/h1-3,5-6,21-23H,4,7-19H2,(H,25,28)/t22-/m0/s1. The fourth-order valence-corrected chi connectivity index (χ4v) is 6.31. The summed E-state index contributed by atoms with van der Waals surface area (Å²) in [5.74, 6) is 2.88. The van der Waals surface area contributed by atoms with E-state index in [0.29, 0.717) is 11.9 Å². The summed E-state index contributed by atoms with van der Waals surface area (Å²) in [4.78, 5) is 17.9. The Bertz CT molecular complexity index is 618. The van der Waals surface area contributed by atoms with Crippen molar-refractivity contribution in [2.45, 2.75) is 57.0 Å². The summed E-state index contributed by atoms with van der Waals surface area (Å²) >= 11 is 1.97. The molecule has 3 aliphatic rings.